The standard InChI is InChI=1S/C25H29N3O4S/c1-4-28(5-2)33(31,32)23-15-16-24(29)27(18-23)19-25(30)26(3)17-20-11-13-22(14-12-20)21-9-7-6-8-10-21/h6-16,18H,4-5,17,19H2,1-3H3. The van der Waals surface area contributed by atoms with Crippen molar-refractivity contribution >= 4 is 15.9 Å². The number of hydrogen-bond donors (Lipinski definition) is 0. The van der Waals surface area contributed by atoms with Crippen molar-refractivity contribution in [3.63, 3.8) is 0 Å². The summed E-state index contributed by atoms with van der Waals surface area (Å²) >= 11 is 0. The minimum Gasteiger partial charge on any atom is -0.340 e. The second-order valence-electron chi connectivity index (χ2n) is 7.73. The summed E-state index contributed by atoms with van der Waals surface area (Å²) in [5, 5.41) is 0. The minimum atomic E-state index is -3.72. The minimum absolute atomic E-state index is 0.00208. The fourth-order valence-electron chi connectivity index (χ4n) is 3.56. The zero-order valence-corrected chi connectivity index (χ0v) is 20.0. The van der Waals surface area contributed by atoms with E-state index in [0.717, 1.165) is 21.3 Å². The highest BCUT2D eigenvalue weighted by Gasteiger charge is 2.23. The number of sulfonamides is 1. The van der Waals surface area contributed by atoms with Gasteiger partial charge in [0.1, 0.15) is 6.54 Å². The van der Waals surface area contributed by atoms with Crippen molar-refractivity contribution < 1.29 is 13.2 Å². The van der Waals surface area contributed by atoms with Crippen LogP contribution in [0.5, 0.6) is 0 Å². The van der Waals surface area contributed by atoms with Gasteiger partial charge in [-0.2, -0.15) is 4.31 Å². The summed E-state index contributed by atoms with van der Waals surface area (Å²) in [5.74, 6) is -0.290. The molecular formula is C25H29N3O4S. The molecule has 1 heterocycles. The first-order valence-corrected chi connectivity index (χ1v) is 12.3. The number of likely N-dealkylation sites (N-methyl/N-ethyl adjacent to an activating group) is 1. The fraction of sp³-hybridized carbons (Fsp3) is 0.280. The first kappa shape index (κ1) is 24.4. The highest BCUT2D eigenvalue weighted by molar-refractivity contribution is 7.89. The molecule has 2 aromatic carbocycles. The number of benzene rings is 2. The van der Waals surface area contributed by atoms with E-state index in [0.29, 0.717) is 19.6 Å². The molecule has 3 rings (SSSR count). The molecule has 0 aliphatic heterocycles. The van der Waals surface area contributed by atoms with Crippen LogP contribution in [0.15, 0.2) is 82.6 Å². The lowest BCUT2D eigenvalue weighted by Crippen LogP contribution is -2.35. The van der Waals surface area contributed by atoms with E-state index in [1.54, 1.807) is 20.9 Å². The Balaban J connectivity index is 1.71. The van der Waals surface area contributed by atoms with Gasteiger partial charge in [0.25, 0.3) is 5.56 Å². The Morgan fingerprint density at radius 3 is 2.09 bits per heavy atom. The van der Waals surface area contributed by atoms with Crippen LogP contribution >= 0.6 is 0 Å². The number of pyridine rings is 1. The van der Waals surface area contributed by atoms with E-state index in [9.17, 15) is 18.0 Å². The second-order valence-corrected chi connectivity index (χ2v) is 9.67. The van der Waals surface area contributed by atoms with Gasteiger partial charge in [-0.25, -0.2) is 8.42 Å². The monoisotopic (exact) mass is 467 g/mol. The van der Waals surface area contributed by atoms with Gasteiger partial charge in [0.2, 0.25) is 15.9 Å². The smallest absolute Gasteiger partial charge is 0.251 e. The maximum atomic E-state index is 12.8. The molecule has 3 aromatic rings. The van der Waals surface area contributed by atoms with Crippen LogP contribution in [0.4, 0.5) is 0 Å². The normalized spacial score (nSPS) is 11.5. The number of carbonyl (C=O) groups excluding carboxylic acids is 1. The lowest BCUT2D eigenvalue weighted by atomic mass is 10.0. The molecule has 0 saturated carbocycles. The van der Waals surface area contributed by atoms with Crippen LogP contribution in [0.2, 0.25) is 0 Å². The molecule has 8 heteroatoms. The molecule has 0 bridgehead atoms. The molecule has 0 atom stereocenters. The van der Waals surface area contributed by atoms with Gasteiger partial charge in [0.15, 0.2) is 0 Å². The van der Waals surface area contributed by atoms with E-state index >= 15 is 0 Å². The molecular weight excluding hydrogens is 438 g/mol. The predicted octanol–water partition coefficient (Wildman–Crippen LogP) is 3.20. The molecule has 33 heavy (non-hydrogen) atoms. The summed E-state index contributed by atoms with van der Waals surface area (Å²) in [5.41, 5.74) is 2.73. The van der Waals surface area contributed by atoms with Gasteiger partial charge in [-0.15, -0.1) is 0 Å². The molecule has 0 N–H and O–H groups in total. The van der Waals surface area contributed by atoms with Crippen LogP contribution in [0.3, 0.4) is 0 Å². The molecule has 0 unspecified atom stereocenters. The molecule has 174 valence electrons. The third kappa shape index (κ3) is 5.77. The van der Waals surface area contributed by atoms with Gasteiger partial charge in [-0.1, -0.05) is 68.4 Å². The third-order valence-electron chi connectivity index (χ3n) is 5.51. The van der Waals surface area contributed by atoms with Crippen molar-refractivity contribution in [3.05, 3.63) is 88.8 Å². The van der Waals surface area contributed by atoms with E-state index in [1.165, 1.54) is 27.5 Å². The van der Waals surface area contributed by atoms with E-state index < -0.39 is 15.6 Å². The molecule has 0 spiro atoms. The molecule has 1 amide bonds. The molecule has 7 nitrogen and oxygen atoms in total. The van der Waals surface area contributed by atoms with Gasteiger partial charge in [-0.05, 0) is 22.8 Å². The quantitative estimate of drug-likeness (QED) is 0.484. The molecule has 1 aromatic heterocycles. The zero-order valence-electron chi connectivity index (χ0n) is 19.1. The molecule has 0 fully saturated rings. The van der Waals surface area contributed by atoms with Gasteiger partial charge < -0.3 is 9.47 Å². The van der Waals surface area contributed by atoms with Crippen molar-refractivity contribution in [1.29, 1.82) is 0 Å². The summed E-state index contributed by atoms with van der Waals surface area (Å²) in [4.78, 5) is 26.6. The summed E-state index contributed by atoms with van der Waals surface area (Å²) in [6.45, 7) is 4.29. The van der Waals surface area contributed by atoms with Crippen LogP contribution in [-0.4, -0.2) is 48.2 Å². The van der Waals surface area contributed by atoms with Crippen LogP contribution in [-0.2, 0) is 27.9 Å². The Labute approximate surface area is 194 Å². The molecule has 0 aliphatic rings. The first-order chi connectivity index (χ1) is 15.8. The predicted molar refractivity (Wildman–Crippen MR) is 129 cm³/mol. The van der Waals surface area contributed by atoms with Crippen LogP contribution < -0.4 is 5.56 Å². The topological polar surface area (TPSA) is 79.7 Å². The maximum Gasteiger partial charge on any atom is 0.251 e. The average Bonchev–Trinajstić information content (AvgIpc) is 2.82. The largest absolute Gasteiger partial charge is 0.340 e. The fourth-order valence-corrected chi connectivity index (χ4v) is 5.04. The number of carbonyl (C=O) groups is 1. The molecule has 0 saturated heterocycles. The van der Waals surface area contributed by atoms with Crippen LogP contribution in [0.1, 0.15) is 19.4 Å². The van der Waals surface area contributed by atoms with Crippen molar-refractivity contribution in [2.75, 3.05) is 20.1 Å². The second kappa shape index (κ2) is 10.6. The van der Waals surface area contributed by atoms with Crippen molar-refractivity contribution in [2.45, 2.75) is 31.8 Å². The van der Waals surface area contributed by atoms with Gasteiger partial charge >= 0.3 is 0 Å². The lowest BCUT2D eigenvalue weighted by molar-refractivity contribution is -0.131. The van der Waals surface area contributed by atoms with Crippen molar-refractivity contribution in [2.24, 2.45) is 0 Å². The summed E-state index contributed by atoms with van der Waals surface area (Å²) in [6, 6.07) is 20.4. The lowest BCUT2D eigenvalue weighted by Gasteiger charge is -2.20. The Morgan fingerprint density at radius 1 is 0.879 bits per heavy atom. The maximum absolute atomic E-state index is 12.8. The van der Waals surface area contributed by atoms with Crippen LogP contribution in [0, 0.1) is 0 Å². The Morgan fingerprint density at radius 2 is 1.48 bits per heavy atom. The van der Waals surface area contributed by atoms with Crippen molar-refractivity contribution in [3.8, 4) is 11.1 Å². The Bertz CT molecular complexity index is 1250. The van der Waals surface area contributed by atoms with Crippen molar-refractivity contribution in [1.82, 2.24) is 13.8 Å². The van der Waals surface area contributed by atoms with Gasteiger partial charge in [0, 0.05) is 38.9 Å². The number of hydrogen-bond acceptors (Lipinski definition) is 4. The van der Waals surface area contributed by atoms with E-state index in [2.05, 4.69) is 0 Å². The van der Waals surface area contributed by atoms with E-state index in [4.69, 9.17) is 0 Å². The zero-order chi connectivity index (χ0) is 24.0. The van der Waals surface area contributed by atoms with Crippen LogP contribution in [0.25, 0.3) is 11.1 Å². The number of amides is 1. The summed E-state index contributed by atoms with van der Waals surface area (Å²) in [7, 11) is -2.06. The first-order valence-electron chi connectivity index (χ1n) is 10.8. The SMILES string of the molecule is CCN(CC)S(=O)(=O)c1ccc(=O)n(CC(=O)N(C)Cc2ccc(-c3ccccc3)cc2)c1. The number of aromatic nitrogens is 1. The number of nitrogens with zero attached hydrogens (tertiary/aromatic N) is 3. The average molecular weight is 468 g/mol. The molecule has 0 radical (unpaired) electrons. The number of rotatable bonds is 9. The summed E-state index contributed by atoms with van der Waals surface area (Å²) in [6.07, 6.45) is 1.25. The third-order valence-corrected chi connectivity index (χ3v) is 7.55. The summed E-state index contributed by atoms with van der Waals surface area (Å²) < 4.78 is 28.0. The molecule has 0 aliphatic carbocycles. The highest BCUT2D eigenvalue weighted by atomic mass is 32.2. The van der Waals surface area contributed by atoms with E-state index in [1.807, 2.05) is 54.6 Å². The van der Waals surface area contributed by atoms with E-state index in [-0.39, 0.29) is 17.3 Å². The Hall–Kier alpha value is -3.23. The Kier molecular flexibility index (Phi) is 7.84. The van der Waals surface area contributed by atoms with Gasteiger partial charge in [-0.3, -0.25) is 9.59 Å². The highest BCUT2D eigenvalue weighted by Crippen LogP contribution is 2.20. The van der Waals surface area contributed by atoms with Gasteiger partial charge in [0.05, 0.1) is 4.90 Å².